The molecule has 1 aromatic carbocycles. The maximum Gasteiger partial charge on any atom is 0.338 e. The molecular formula is C14H18O4. The van der Waals surface area contributed by atoms with Gasteiger partial charge in [0.05, 0.1) is 18.8 Å². The normalized spacial score (nSPS) is 16.3. The molecule has 1 fully saturated rings. The van der Waals surface area contributed by atoms with Crippen LogP contribution in [0.4, 0.5) is 0 Å². The van der Waals surface area contributed by atoms with Crippen LogP contribution in [-0.2, 0) is 4.74 Å². The number of hydrogen-bond acceptors (Lipinski definition) is 4. The maximum atomic E-state index is 11.4. The Labute approximate surface area is 107 Å². The van der Waals surface area contributed by atoms with Crippen molar-refractivity contribution in [3.8, 4) is 11.5 Å². The number of aromatic hydroxyl groups is 1. The molecule has 0 heterocycles. The highest BCUT2D eigenvalue weighted by Gasteiger charge is 2.16. The Hall–Kier alpha value is -1.71. The summed E-state index contributed by atoms with van der Waals surface area (Å²) >= 11 is 0. The minimum absolute atomic E-state index is 0.0173. The van der Waals surface area contributed by atoms with Crippen LogP contribution in [0.1, 0.15) is 42.5 Å². The summed E-state index contributed by atoms with van der Waals surface area (Å²) in [4.78, 5) is 11.4. The molecule has 98 valence electrons. The minimum atomic E-state index is -0.473. The molecule has 1 saturated carbocycles. The molecular weight excluding hydrogens is 232 g/mol. The third-order valence-electron chi connectivity index (χ3n) is 3.17. The van der Waals surface area contributed by atoms with E-state index in [1.165, 1.54) is 38.5 Å². The van der Waals surface area contributed by atoms with E-state index >= 15 is 0 Å². The lowest BCUT2D eigenvalue weighted by Gasteiger charge is -2.23. The summed E-state index contributed by atoms with van der Waals surface area (Å²) in [5.74, 6) is 0.0744. The van der Waals surface area contributed by atoms with Gasteiger partial charge in [0.15, 0.2) is 0 Å². The highest BCUT2D eigenvalue weighted by Crippen LogP contribution is 2.27. The van der Waals surface area contributed by atoms with E-state index in [1.807, 2.05) is 0 Å². The van der Waals surface area contributed by atoms with Crippen LogP contribution in [-0.4, -0.2) is 24.3 Å². The Morgan fingerprint density at radius 1 is 1.22 bits per heavy atom. The van der Waals surface area contributed by atoms with Gasteiger partial charge in [-0.15, -0.1) is 0 Å². The van der Waals surface area contributed by atoms with Crippen LogP contribution in [0.15, 0.2) is 18.2 Å². The number of esters is 1. The third-order valence-corrected chi connectivity index (χ3v) is 3.17. The SMILES string of the molecule is COC(=O)c1cc(O)cc(OC2CCCCC2)c1. The van der Waals surface area contributed by atoms with Gasteiger partial charge in [-0.2, -0.15) is 0 Å². The first-order valence-corrected chi connectivity index (χ1v) is 6.28. The summed E-state index contributed by atoms with van der Waals surface area (Å²) in [6, 6.07) is 4.51. The van der Waals surface area contributed by atoms with Gasteiger partial charge in [-0.05, 0) is 37.8 Å². The fourth-order valence-electron chi connectivity index (χ4n) is 2.26. The third kappa shape index (κ3) is 3.15. The van der Waals surface area contributed by atoms with E-state index in [2.05, 4.69) is 4.74 Å². The van der Waals surface area contributed by atoms with Gasteiger partial charge in [-0.25, -0.2) is 4.79 Å². The molecule has 0 aromatic heterocycles. The Balaban J connectivity index is 2.11. The van der Waals surface area contributed by atoms with Crippen LogP contribution < -0.4 is 4.74 Å². The average Bonchev–Trinajstić information content (AvgIpc) is 2.38. The highest BCUT2D eigenvalue weighted by molar-refractivity contribution is 5.90. The van der Waals surface area contributed by atoms with Crippen LogP contribution in [0.3, 0.4) is 0 Å². The van der Waals surface area contributed by atoms with E-state index < -0.39 is 5.97 Å². The monoisotopic (exact) mass is 250 g/mol. The minimum Gasteiger partial charge on any atom is -0.508 e. The second-order valence-corrected chi connectivity index (χ2v) is 4.59. The van der Waals surface area contributed by atoms with E-state index in [0.717, 1.165) is 12.8 Å². The number of carbonyl (C=O) groups is 1. The molecule has 1 aliphatic carbocycles. The first kappa shape index (κ1) is 12.7. The summed E-state index contributed by atoms with van der Waals surface area (Å²) < 4.78 is 10.4. The van der Waals surface area contributed by atoms with Gasteiger partial charge >= 0.3 is 5.97 Å². The molecule has 0 amide bonds. The molecule has 1 aliphatic rings. The van der Waals surface area contributed by atoms with Crippen LogP contribution in [0.2, 0.25) is 0 Å². The maximum absolute atomic E-state index is 11.4. The van der Waals surface area contributed by atoms with Crippen molar-refractivity contribution in [2.45, 2.75) is 38.2 Å². The number of ether oxygens (including phenoxy) is 2. The molecule has 4 heteroatoms. The smallest absolute Gasteiger partial charge is 0.338 e. The largest absolute Gasteiger partial charge is 0.508 e. The molecule has 0 radical (unpaired) electrons. The summed E-state index contributed by atoms with van der Waals surface area (Å²) in [7, 11) is 1.31. The first-order valence-electron chi connectivity index (χ1n) is 6.28. The Morgan fingerprint density at radius 2 is 1.94 bits per heavy atom. The van der Waals surface area contributed by atoms with Crippen molar-refractivity contribution < 1.29 is 19.4 Å². The highest BCUT2D eigenvalue weighted by atomic mass is 16.5. The van der Waals surface area contributed by atoms with Crippen LogP contribution in [0.5, 0.6) is 11.5 Å². The van der Waals surface area contributed by atoms with E-state index in [-0.39, 0.29) is 11.9 Å². The quantitative estimate of drug-likeness (QED) is 0.838. The lowest BCUT2D eigenvalue weighted by Crippen LogP contribution is -2.19. The number of benzene rings is 1. The molecule has 1 aromatic rings. The average molecular weight is 250 g/mol. The van der Waals surface area contributed by atoms with Crippen molar-refractivity contribution in [3.05, 3.63) is 23.8 Å². The first-order chi connectivity index (χ1) is 8.69. The van der Waals surface area contributed by atoms with Gasteiger partial charge in [-0.1, -0.05) is 6.42 Å². The summed E-state index contributed by atoms with van der Waals surface area (Å²) in [5, 5.41) is 9.58. The van der Waals surface area contributed by atoms with Crippen molar-refractivity contribution >= 4 is 5.97 Å². The van der Waals surface area contributed by atoms with Gasteiger partial charge in [0, 0.05) is 6.07 Å². The lowest BCUT2D eigenvalue weighted by molar-refractivity contribution is 0.0599. The number of methoxy groups -OCH3 is 1. The van der Waals surface area contributed by atoms with Gasteiger partial charge < -0.3 is 14.6 Å². The molecule has 0 bridgehead atoms. The Morgan fingerprint density at radius 3 is 2.61 bits per heavy atom. The van der Waals surface area contributed by atoms with Gasteiger partial charge in [0.25, 0.3) is 0 Å². The number of carbonyl (C=O) groups excluding carboxylic acids is 1. The van der Waals surface area contributed by atoms with Gasteiger partial charge in [-0.3, -0.25) is 0 Å². The van der Waals surface area contributed by atoms with Crippen molar-refractivity contribution in [3.63, 3.8) is 0 Å². The van der Waals surface area contributed by atoms with Gasteiger partial charge in [0.1, 0.15) is 11.5 Å². The molecule has 0 aliphatic heterocycles. The zero-order valence-corrected chi connectivity index (χ0v) is 10.5. The van der Waals surface area contributed by atoms with Crippen LogP contribution >= 0.6 is 0 Å². The molecule has 0 saturated heterocycles. The molecule has 4 nitrogen and oxygen atoms in total. The molecule has 0 unspecified atom stereocenters. The van der Waals surface area contributed by atoms with Crippen molar-refractivity contribution in [1.82, 2.24) is 0 Å². The topological polar surface area (TPSA) is 55.8 Å². The standard InChI is InChI=1S/C14H18O4/c1-17-14(16)10-7-11(15)9-13(8-10)18-12-5-3-2-4-6-12/h7-9,12,15H,2-6H2,1H3. The molecule has 18 heavy (non-hydrogen) atoms. The van der Waals surface area contributed by atoms with Crippen molar-refractivity contribution in [1.29, 1.82) is 0 Å². The second kappa shape index (κ2) is 5.76. The number of phenols is 1. The summed E-state index contributed by atoms with van der Waals surface area (Å²) in [6.45, 7) is 0. The second-order valence-electron chi connectivity index (χ2n) is 4.59. The number of phenolic OH excluding ortho intramolecular Hbond substituents is 1. The van der Waals surface area contributed by atoms with Crippen LogP contribution in [0, 0.1) is 0 Å². The number of hydrogen-bond donors (Lipinski definition) is 1. The van der Waals surface area contributed by atoms with E-state index in [1.54, 1.807) is 6.07 Å². The summed E-state index contributed by atoms with van der Waals surface area (Å²) in [5.41, 5.74) is 0.309. The zero-order chi connectivity index (χ0) is 13.0. The predicted octanol–water partition coefficient (Wildman–Crippen LogP) is 2.89. The lowest BCUT2D eigenvalue weighted by atomic mass is 9.98. The van der Waals surface area contributed by atoms with Crippen molar-refractivity contribution in [2.24, 2.45) is 0 Å². The van der Waals surface area contributed by atoms with Gasteiger partial charge in [0.2, 0.25) is 0 Å². The van der Waals surface area contributed by atoms with E-state index in [4.69, 9.17) is 4.74 Å². The van der Waals surface area contributed by atoms with E-state index in [9.17, 15) is 9.90 Å². The molecule has 0 atom stereocenters. The van der Waals surface area contributed by atoms with Crippen molar-refractivity contribution in [2.75, 3.05) is 7.11 Å². The fraction of sp³-hybridized carbons (Fsp3) is 0.500. The Bertz CT molecular complexity index is 422. The molecule has 1 N–H and O–H groups in total. The zero-order valence-electron chi connectivity index (χ0n) is 10.5. The fourth-order valence-corrected chi connectivity index (χ4v) is 2.26. The summed E-state index contributed by atoms with van der Waals surface area (Å²) in [6.07, 6.45) is 5.85. The molecule has 2 rings (SSSR count). The predicted molar refractivity (Wildman–Crippen MR) is 66.9 cm³/mol. The Kier molecular flexibility index (Phi) is 4.07. The molecule has 0 spiro atoms. The number of rotatable bonds is 3. The van der Waals surface area contributed by atoms with Crippen LogP contribution in [0.25, 0.3) is 0 Å². The van der Waals surface area contributed by atoms with E-state index in [0.29, 0.717) is 11.3 Å².